The molecule has 2 N–H and O–H groups in total. The Labute approximate surface area is 197 Å². The molecule has 0 bridgehead atoms. The minimum atomic E-state index is -0.532. The summed E-state index contributed by atoms with van der Waals surface area (Å²) in [5, 5.41) is 0. The zero-order valence-electron chi connectivity index (χ0n) is 20.1. The van der Waals surface area contributed by atoms with E-state index in [9.17, 15) is 9.59 Å². The molecule has 7 nitrogen and oxygen atoms in total. The lowest BCUT2D eigenvalue weighted by molar-refractivity contribution is -0.133. The van der Waals surface area contributed by atoms with Crippen molar-refractivity contribution in [2.24, 2.45) is 11.7 Å². The number of nitrogens with two attached hydrogens (primary N) is 1. The molecule has 0 aliphatic carbocycles. The highest BCUT2D eigenvalue weighted by Crippen LogP contribution is 2.24. The number of rotatable bonds is 5. The number of pyridine rings is 1. The number of carbonyl (C=O) groups is 2. The second kappa shape index (κ2) is 11.9. The summed E-state index contributed by atoms with van der Waals surface area (Å²) in [6.45, 7) is 9.63. The van der Waals surface area contributed by atoms with Crippen molar-refractivity contribution in [3.05, 3.63) is 59.9 Å². The monoisotopic (exact) mass is 451 g/mol. The number of carbonyl (C=O) groups excluding carboxylic acids is 2. The molecule has 33 heavy (non-hydrogen) atoms. The van der Waals surface area contributed by atoms with Crippen molar-refractivity contribution in [3.63, 3.8) is 0 Å². The summed E-state index contributed by atoms with van der Waals surface area (Å²) in [5.74, 6) is 0.311. The molecule has 0 spiro atoms. The first-order valence-corrected chi connectivity index (χ1v) is 11.9. The third kappa shape index (κ3) is 7.11. The molecule has 2 heterocycles. The van der Waals surface area contributed by atoms with Gasteiger partial charge in [-0.2, -0.15) is 0 Å². The van der Waals surface area contributed by atoms with Crippen LogP contribution in [0, 0.1) is 5.92 Å². The molecule has 178 valence electrons. The number of aromatic nitrogens is 1. The quantitative estimate of drug-likeness (QED) is 0.756. The predicted molar refractivity (Wildman–Crippen MR) is 131 cm³/mol. The van der Waals surface area contributed by atoms with Crippen molar-refractivity contribution < 1.29 is 9.59 Å². The summed E-state index contributed by atoms with van der Waals surface area (Å²) in [4.78, 5) is 36.4. The van der Waals surface area contributed by atoms with E-state index in [1.807, 2.05) is 52.3 Å². The lowest BCUT2D eigenvalue weighted by Gasteiger charge is -2.30. The third-order valence-electron chi connectivity index (χ3n) is 6.03. The van der Waals surface area contributed by atoms with Crippen LogP contribution in [0.5, 0.6) is 0 Å². The summed E-state index contributed by atoms with van der Waals surface area (Å²) in [6, 6.07) is 13.3. The lowest BCUT2D eigenvalue weighted by Crippen LogP contribution is -2.46. The van der Waals surface area contributed by atoms with E-state index >= 15 is 0 Å². The average Bonchev–Trinajstić information content (AvgIpc) is 2.82. The first kappa shape index (κ1) is 24.9. The van der Waals surface area contributed by atoms with Crippen molar-refractivity contribution in [1.82, 2.24) is 14.8 Å². The van der Waals surface area contributed by atoms with Crippen LogP contribution in [0.1, 0.15) is 44.9 Å². The maximum Gasteiger partial charge on any atom is 0.239 e. The van der Waals surface area contributed by atoms with Gasteiger partial charge < -0.3 is 15.5 Å². The number of fused-ring (bicyclic) bond motifs is 1. The fourth-order valence-electron chi connectivity index (χ4n) is 4.38. The van der Waals surface area contributed by atoms with Crippen molar-refractivity contribution in [3.8, 4) is 0 Å². The summed E-state index contributed by atoms with van der Waals surface area (Å²) in [7, 11) is 0. The van der Waals surface area contributed by atoms with E-state index in [2.05, 4.69) is 23.7 Å². The van der Waals surface area contributed by atoms with E-state index < -0.39 is 6.04 Å². The predicted octanol–water partition coefficient (Wildman–Crippen LogP) is 3.04. The number of hydrogen-bond acceptors (Lipinski definition) is 5. The van der Waals surface area contributed by atoms with Crippen LogP contribution in [0.3, 0.4) is 0 Å². The van der Waals surface area contributed by atoms with Crippen LogP contribution in [0.4, 0.5) is 5.69 Å². The molecule has 1 aromatic heterocycles. The van der Waals surface area contributed by atoms with Gasteiger partial charge in [-0.3, -0.25) is 19.5 Å². The maximum absolute atomic E-state index is 13.4. The smallest absolute Gasteiger partial charge is 0.239 e. The average molecular weight is 452 g/mol. The maximum atomic E-state index is 13.4. The molecule has 0 saturated carbocycles. The van der Waals surface area contributed by atoms with Gasteiger partial charge >= 0.3 is 0 Å². The fraction of sp³-hybridized carbons (Fsp3) is 0.500. The number of anilines is 1. The molecule has 1 atom stereocenters. The lowest BCUT2D eigenvalue weighted by atomic mass is 10.0. The summed E-state index contributed by atoms with van der Waals surface area (Å²) in [5.41, 5.74) is 9.15. The molecule has 1 aliphatic heterocycles. The van der Waals surface area contributed by atoms with Gasteiger partial charge in [0.05, 0.1) is 11.7 Å². The van der Waals surface area contributed by atoms with Gasteiger partial charge in [0.2, 0.25) is 11.8 Å². The second-order valence-electron chi connectivity index (χ2n) is 9.25. The van der Waals surface area contributed by atoms with Gasteiger partial charge in [0.1, 0.15) is 0 Å². The normalized spacial score (nSPS) is 16.8. The van der Waals surface area contributed by atoms with Crippen LogP contribution in [-0.4, -0.2) is 58.8 Å². The van der Waals surface area contributed by atoms with Crippen molar-refractivity contribution in [1.29, 1.82) is 0 Å². The van der Waals surface area contributed by atoms with Crippen LogP contribution >= 0.6 is 0 Å². The SMILES string of the molecule is CC(=O)N1CCCN(Cc2ccccn2)CCN(C(=O)[C@H](N)CC(C)C)Cc2ccccc21. The number of nitrogens with zero attached hydrogens (tertiary/aromatic N) is 4. The molecule has 2 amide bonds. The highest BCUT2D eigenvalue weighted by Gasteiger charge is 2.25. The number of hydrogen-bond donors (Lipinski definition) is 1. The van der Waals surface area contributed by atoms with Crippen LogP contribution in [0.25, 0.3) is 0 Å². The largest absolute Gasteiger partial charge is 0.336 e. The topological polar surface area (TPSA) is 82.8 Å². The standard InChI is InChI=1S/C26H37N5O2/c1-20(2)17-24(27)26(33)30-16-15-29(19-23-10-6-7-12-28-23)13-8-14-31(21(3)32)25-11-5-4-9-22(25)18-30/h4-7,9-12,20,24H,8,13-19,27H2,1-3H3/t24-/m1/s1. The molecule has 1 aromatic carbocycles. The Balaban J connectivity index is 1.90. The van der Waals surface area contributed by atoms with E-state index in [4.69, 9.17) is 5.73 Å². The van der Waals surface area contributed by atoms with Gasteiger partial charge in [0, 0.05) is 58.1 Å². The zero-order valence-corrected chi connectivity index (χ0v) is 20.1. The highest BCUT2D eigenvalue weighted by molar-refractivity contribution is 5.92. The van der Waals surface area contributed by atoms with E-state index in [0.29, 0.717) is 38.5 Å². The minimum absolute atomic E-state index is 0.00681. The summed E-state index contributed by atoms with van der Waals surface area (Å²) < 4.78 is 0. The molecule has 0 unspecified atom stereocenters. The molecule has 0 fully saturated rings. The molecule has 2 aromatic rings. The van der Waals surface area contributed by atoms with Gasteiger partial charge in [0.15, 0.2) is 0 Å². The Bertz CT molecular complexity index is 918. The highest BCUT2D eigenvalue weighted by atomic mass is 16.2. The van der Waals surface area contributed by atoms with Crippen LogP contribution < -0.4 is 10.6 Å². The molecular formula is C26H37N5O2. The van der Waals surface area contributed by atoms with E-state index in [1.165, 1.54) is 0 Å². The Morgan fingerprint density at radius 2 is 1.79 bits per heavy atom. The van der Waals surface area contributed by atoms with E-state index in [-0.39, 0.29) is 11.8 Å². The third-order valence-corrected chi connectivity index (χ3v) is 6.03. The van der Waals surface area contributed by atoms with Gasteiger partial charge in [-0.25, -0.2) is 0 Å². The Morgan fingerprint density at radius 1 is 1.03 bits per heavy atom. The molecule has 0 radical (unpaired) electrons. The zero-order chi connectivity index (χ0) is 23.8. The van der Waals surface area contributed by atoms with Gasteiger partial charge in [-0.05, 0) is 42.5 Å². The second-order valence-corrected chi connectivity index (χ2v) is 9.25. The fourth-order valence-corrected chi connectivity index (χ4v) is 4.38. The van der Waals surface area contributed by atoms with Crippen molar-refractivity contribution in [2.75, 3.05) is 31.1 Å². The van der Waals surface area contributed by atoms with Gasteiger partial charge in [-0.1, -0.05) is 38.1 Å². The molecule has 7 heteroatoms. The van der Waals surface area contributed by atoms with Crippen LogP contribution in [0.2, 0.25) is 0 Å². The molecule has 3 rings (SSSR count). The first-order valence-electron chi connectivity index (χ1n) is 11.9. The molecule has 1 aliphatic rings. The van der Waals surface area contributed by atoms with Crippen LogP contribution in [0.15, 0.2) is 48.7 Å². The van der Waals surface area contributed by atoms with E-state index in [1.54, 1.807) is 13.1 Å². The molecule has 0 saturated heterocycles. The molecular weight excluding hydrogens is 414 g/mol. The Hall–Kier alpha value is -2.77. The van der Waals surface area contributed by atoms with Gasteiger partial charge in [-0.15, -0.1) is 0 Å². The summed E-state index contributed by atoms with van der Waals surface area (Å²) in [6.07, 6.45) is 3.28. The summed E-state index contributed by atoms with van der Waals surface area (Å²) >= 11 is 0. The van der Waals surface area contributed by atoms with Crippen LogP contribution in [-0.2, 0) is 22.7 Å². The van der Waals surface area contributed by atoms with Gasteiger partial charge in [0.25, 0.3) is 0 Å². The van der Waals surface area contributed by atoms with Crippen molar-refractivity contribution >= 4 is 17.5 Å². The Kier molecular flexibility index (Phi) is 8.97. The number of para-hydroxylation sites is 1. The number of amides is 2. The van der Waals surface area contributed by atoms with Crippen molar-refractivity contribution in [2.45, 2.75) is 52.7 Å². The number of benzene rings is 1. The minimum Gasteiger partial charge on any atom is -0.336 e. The Morgan fingerprint density at radius 3 is 2.48 bits per heavy atom. The van der Waals surface area contributed by atoms with E-state index in [0.717, 1.165) is 36.5 Å². The first-order chi connectivity index (χ1) is 15.8.